The van der Waals surface area contributed by atoms with Crippen molar-refractivity contribution >= 4 is 23.3 Å². The summed E-state index contributed by atoms with van der Waals surface area (Å²) < 4.78 is 0. The number of carbonyl (C=O) groups is 1. The van der Waals surface area contributed by atoms with Crippen molar-refractivity contribution < 1.29 is 4.79 Å². The molecule has 0 aromatic heterocycles. The van der Waals surface area contributed by atoms with Gasteiger partial charge in [-0.25, -0.2) is 4.79 Å². The van der Waals surface area contributed by atoms with E-state index < -0.39 is 0 Å². The fourth-order valence-corrected chi connectivity index (χ4v) is 1.41. The van der Waals surface area contributed by atoms with Gasteiger partial charge in [-0.1, -0.05) is 11.6 Å². The van der Waals surface area contributed by atoms with Gasteiger partial charge in [0.2, 0.25) is 0 Å². The van der Waals surface area contributed by atoms with Crippen molar-refractivity contribution in [3.63, 3.8) is 0 Å². The van der Waals surface area contributed by atoms with Crippen LogP contribution in [0.5, 0.6) is 0 Å². The summed E-state index contributed by atoms with van der Waals surface area (Å²) in [6, 6.07) is 7.43. The van der Waals surface area contributed by atoms with Gasteiger partial charge in [0.05, 0.1) is 6.04 Å². The number of amides is 2. The number of urea groups is 1. The predicted octanol–water partition coefficient (Wildman–Crippen LogP) is 2.82. The van der Waals surface area contributed by atoms with Crippen molar-refractivity contribution in [3.8, 4) is 0 Å². The van der Waals surface area contributed by atoms with E-state index in [9.17, 15) is 4.79 Å². The van der Waals surface area contributed by atoms with Crippen molar-refractivity contribution in [1.29, 1.82) is 0 Å². The molecule has 0 atom stereocenters. The summed E-state index contributed by atoms with van der Waals surface area (Å²) in [6.45, 7) is 0. The highest BCUT2D eigenvalue weighted by molar-refractivity contribution is 6.30. The highest BCUT2D eigenvalue weighted by atomic mass is 35.5. The van der Waals surface area contributed by atoms with Crippen LogP contribution in [0, 0.1) is 31.7 Å². The number of rotatable bonds is 2. The van der Waals surface area contributed by atoms with E-state index >= 15 is 0 Å². The molecule has 2 N–H and O–H groups in total. The first kappa shape index (κ1) is 11.3. The normalized spacial score (nSPS) is 16.1. The first-order valence-corrected chi connectivity index (χ1v) is 5.17. The number of nitrogens with one attached hydrogen (secondary N) is 2. The molecular weight excluding hydrogens is 224 g/mol. The second-order valence-corrected chi connectivity index (χ2v) is 3.70. The average Bonchev–Trinajstić information content (AvgIpc) is 2.74. The SMILES string of the molecule is O=C(N[C]1[CH][CH][CH][CH]1)Nc1ccc(Cl)cc1. The molecule has 1 aliphatic carbocycles. The van der Waals surface area contributed by atoms with Crippen molar-refractivity contribution in [2.24, 2.45) is 0 Å². The average molecular weight is 234 g/mol. The van der Waals surface area contributed by atoms with E-state index in [-0.39, 0.29) is 6.03 Å². The molecule has 5 radical (unpaired) electrons. The van der Waals surface area contributed by atoms with Crippen molar-refractivity contribution in [2.45, 2.75) is 0 Å². The highest BCUT2D eigenvalue weighted by Crippen LogP contribution is 2.20. The van der Waals surface area contributed by atoms with Crippen LogP contribution in [0.2, 0.25) is 5.02 Å². The Kier molecular flexibility index (Phi) is 3.67. The lowest BCUT2D eigenvalue weighted by Gasteiger charge is -2.11. The lowest BCUT2D eigenvalue weighted by atomic mass is 10.2. The zero-order valence-corrected chi connectivity index (χ0v) is 9.16. The van der Waals surface area contributed by atoms with E-state index in [4.69, 9.17) is 11.6 Å². The monoisotopic (exact) mass is 233 g/mol. The lowest BCUT2D eigenvalue weighted by Crippen LogP contribution is -2.31. The molecule has 0 bridgehead atoms. The summed E-state index contributed by atoms with van der Waals surface area (Å²) in [6.07, 6.45) is 7.36. The molecule has 2 amide bonds. The van der Waals surface area contributed by atoms with Crippen LogP contribution < -0.4 is 10.6 Å². The standard InChI is InChI=1S/C12H10ClN2O/c13-9-5-7-11(8-6-9)15-12(16)14-10-3-1-2-4-10/h1-8H,(H2,14,15,16). The second kappa shape index (κ2) is 5.21. The number of hydrogen-bond acceptors (Lipinski definition) is 1. The topological polar surface area (TPSA) is 41.1 Å². The molecule has 0 heterocycles. The minimum absolute atomic E-state index is 0.270. The maximum atomic E-state index is 11.5. The molecule has 1 aromatic rings. The molecule has 3 nitrogen and oxygen atoms in total. The van der Waals surface area contributed by atoms with Crippen LogP contribution in [-0.2, 0) is 0 Å². The maximum absolute atomic E-state index is 11.5. The fraction of sp³-hybridized carbons (Fsp3) is 0. The molecule has 1 fully saturated rings. The zero-order chi connectivity index (χ0) is 11.4. The van der Waals surface area contributed by atoms with Crippen LogP contribution >= 0.6 is 11.6 Å². The minimum atomic E-state index is -0.270. The summed E-state index contributed by atoms with van der Waals surface area (Å²) >= 11 is 5.73. The number of carbonyl (C=O) groups excluding carboxylic acids is 1. The molecule has 1 aromatic carbocycles. The first-order chi connectivity index (χ1) is 7.74. The van der Waals surface area contributed by atoms with Gasteiger partial charge in [-0.15, -0.1) is 0 Å². The third kappa shape index (κ3) is 3.14. The van der Waals surface area contributed by atoms with Gasteiger partial charge in [0, 0.05) is 10.7 Å². The van der Waals surface area contributed by atoms with E-state index in [0.29, 0.717) is 10.7 Å². The smallest absolute Gasteiger partial charge is 0.319 e. The third-order valence-electron chi connectivity index (χ3n) is 2.02. The Hall–Kier alpha value is -1.22. The van der Waals surface area contributed by atoms with Crippen LogP contribution in [0.1, 0.15) is 0 Å². The van der Waals surface area contributed by atoms with Crippen LogP contribution in [0.25, 0.3) is 0 Å². The molecule has 1 saturated carbocycles. The molecule has 0 saturated heterocycles. The van der Waals surface area contributed by atoms with E-state index in [1.165, 1.54) is 0 Å². The molecule has 0 spiro atoms. The molecule has 0 aliphatic heterocycles. The Morgan fingerprint density at radius 1 is 1.00 bits per heavy atom. The van der Waals surface area contributed by atoms with E-state index in [1.54, 1.807) is 24.3 Å². The Balaban J connectivity index is 1.84. The van der Waals surface area contributed by atoms with Crippen LogP contribution in [0.15, 0.2) is 24.3 Å². The van der Waals surface area contributed by atoms with Crippen LogP contribution in [0.4, 0.5) is 10.5 Å². The number of halogens is 1. The Morgan fingerprint density at radius 2 is 1.62 bits per heavy atom. The third-order valence-corrected chi connectivity index (χ3v) is 2.27. The van der Waals surface area contributed by atoms with Gasteiger partial charge in [-0.3, -0.25) is 0 Å². The van der Waals surface area contributed by atoms with Gasteiger partial charge in [0.15, 0.2) is 0 Å². The number of anilines is 1. The molecule has 1 aliphatic rings. The minimum Gasteiger partial charge on any atom is -0.329 e. The van der Waals surface area contributed by atoms with Crippen LogP contribution in [-0.4, -0.2) is 6.03 Å². The van der Waals surface area contributed by atoms with Gasteiger partial charge in [-0.05, 0) is 49.9 Å². The molecule has 81 valence electrons. The quantitative estimate of drug-likeness (QED) is 0.810. The first-order valence-electron chi connectivity index (χ1n) is 4.79. The summed E-state index contributed by atoms with van der Waals surface area (Å²) in [5.74, 6) is 0. The van der Waals surface area contributed by atoms with Gasteiger partial charge >= 0.3 is 6.03 Å². The van der Waals surface area contributed by atoms with Crippen LogP contribution in [0.3, 0.4) is 0 Å². The van der Waals surface area contributed by atoms with E-state index in [2.05, 4.69) is 10.6 Å². The predicted molar refractivity (Wildman–Crippen MR) is 64.0 cm³/mol. The number of benzene rings is 1. The van der Waals surface area contributed by atoms with Crippen molar-refractivity contribution in [3.05, 3.63) is 61.0 Å². The van der Waals surface area contributed by atoms with E-state index in [0.717, 1.165) is 6.04 Å². The summed E-state index contributed by atoms with van der Waals surface area (Å²) in [5, 5.41) is 6.04. The zero-order valence-electron chi connectivity index (χ0n) is 8.41. The molecule has 2 rings (SSSR count). The summed E-state index contributed by atoms with van der Waals surface area (Å²) in [4.78, 5) is 11.5. The number of hydrogen-bond donors (Lipinski definition) is 2. The fourth-order valence-electron chi connectivity index (χ4n) is 1.28. The Bertz CT molecular complexity index is 358. The lowest BCUT2D eigenvalue weighted by molar-refractivity contribution is 0.253. The Morgan fingerprint density at radius 3 is 2.25 bits per heavy atom. The Labute approximate surface area is 100 Å². The van der Waals surface area contributed by atoms with Crippen molar-refractivity contribution in [1.82, 2.24) is 5.32 Å². The van der Waals surface area contributed by atoms with Gasteiger partial charge in [-0.2, -0.15) is 0 Å². The molecule has 16 heavy (non-hydrogen) atoms. The van der Waals surface area contributed by atoms with Gasteiger partial charge in [0.25, 0.3) is 0 Å². The summed E-state index contributed by atoms with van der Waals surface area (Å²) in [5.41, 5.74) is 0.702. The van der Waals surface area contributed by atoms with E-state index in [1.807, 2.05) is 25.7 Å². The largest absolute Gasteiger partial charge is 0.329 e. The highest BCUT2D eigenvalue weighted by Gasteiger charge is 2.18. The second-order valence-electron chi connectivity index (χ2n) is 3.26. The summed E-state index contributed by atoms with van der Waals surface area (Å²) in [7, 11) is 0. The molecule has 0 unspecified atom stereocenters. The maximum Gasteiger partial charge on any atom is 0.319 e. The van der Waals surface area contributed by atoms with Crippen molar-refractivity contribution in [2.75, 3.05) is 5.32 Å². The molecule has 4 heteroatoms. The molecular formula is C12H10ClN2O. The van der Waals surface area contributed by atoms with Gasteiger partial charge in [0.1, 0.15) is 0 Å². The van der Waals surface area contributed by atoms with Gasteiger partial charge < -0.3 is 10.6 Å².